The maximum absolute atomic E-state index is 12.4. The summed E-state index contributed by atoms with van der Waals surface area (Å²) in [6, 6.07) is 4.17. The van der Waals surface area contributed by atoms with Crippen LogP contribution in [0, 0.1) is 16.0 Å². The van der Waals surface area contributed by atoms with E-state index >= 15 is 0 Å². The Labute approximate surface area is 116 Å². The van der Waals surface area contributed by atoms with Crippen LogP contribution in [0.25, 0.3) is 0 Å². The van der Waals surface area contributed by atoms with Gasteiger partial charge < -0.3 is 4.90 Å². The molecule has 1 amide bonds. The van der Waals surface area contributed by atoms with E-state index in [-0.39, 0.29) is 22.2 Å². The number of nitrogens with zero attached hydrogens (tertiary/aromatic N) is 2. The monoisotopic (exact) mass is 282 g/mol. The first-order valence-corrected chi connectivity index (χ1v) is 6.60. The van der Waals surface area contributed by atoms with E-state index in [1.807, 2.05) is 0 Å². The zero-order valence-corrected chi connectivity index (χ0v) is 11.4. The highest BCUT2D eigenvalue weighted by atomic mass is 35.5. The lowest BCUT2D eigenvalue weighted by Gasteiger charge is -2.30. The van der Waals surface area contributed by atoms with Crippen LogP contribution >= 0.6 is 11.6 Å². The fourth-order valence-corrected chi connectivity index (χ4v) is 2.55. The van der Waals surface area contributed by atoms with Gasteiger partial charge in [-0.2, -0.15) is 0 Å². The lowest BCUT2D eigenvalue weighted by atomic mass is 9.99. The first-order chi connectivity index (χ1) is 8.99. The highest BCUT2D eigenvalue weighted by Gasteiger charge is 2.27. The Bertz CT molecular complexity index is 519. The minimum atomic E-state index is -0.563. The lowest BCUT2D eigenvalue weighted by Crippen LogP contribution is -2.39. The summed E-state index contributed by atoms with van der Waals surface area (Å²) in [5, 5.41) is 11.3. The van der Waals surface area contributed by atoms with Gasteiger partial charge in [-0.05, 0) is 30.9 Å². The molecule has 0 saturated carbocycles. The molecule has 6 heteroatoms. The zero-order chi connectivity index (χ0) is 14.0. The second-order valence-corrected chi connectivity index (χ2v) is 5.35. The van der Waals surface area contributed by atoms with Crippen molar-refractivity contribution >= 4 is 23.2 Å². The molecule has 1 fully saturated rings. The number of piperidine rings is 1. The fourth-order valence-electron chi connectivity index (χ4n) is 2.38. The van der Waals surface area contributed by atoms with Crippen molar-refractivity contribution in [2.45, 2.75) is 19.8 Å². The second kappa shape index (κ2) is 5.57. The van der Waals surface area contributed by atoms with Gasteiger partial charge in [0.15, 0.2) is 0 Å². The molecule has 0 bridgehead atoms. The minimum absolute atomic E-state index is 0.114. The molecule has 1 saturated heterocycles. The average Bonchev–Trinajstić information content (AvgIpc) is 2.37. The minimum Gasteiger partial charge on any atom is -0.338 e. The number of carbonyl (C=O) groups excluding carboxylic acids is 1. The van der Waals surface area contributed by atoms with Gasteiger partial charge >= 0.3 is 0 Å². The molecule has 1 atom stereocenters. The number of nitro benzene ring substituents is 1. The van der Waals surface area contributed by atoms with E-state index < -0.39 is 4.92 Å². The molecule has 1 aliphatic heterocycles. The maximum atomic E-state index is 12.4. The van der Waals surface area contributed by atoms with Crippen LogP contribution in [0.4, 0.5) is 5.69 Å². The van der Waals surface area contributed by atoms with Crippen LogP contribution in [0.3, 0.4) is 0 Å². The van der Waals surface area contributed by atoms with Crippen LogP contribution in [-0.4, -0.2) is 28.8 Å². The zero-order valence-electron chi connectivity index (χ0n) is 10.6. The topological polar surface area (TPSA) is 63.5 Å². The number of nitro groups is 1. The Morgan fingerprint density at radius 2 is 2.26 bits per heavy atom. The van der Waals surface area contributed by atoms with E-state index in [1.54, 1.807) is 4.90 Å². The Morgan fingerprint density at radius 1 is 1.53 bits per heavy atom. The summed E-state index contributed by atoms with van der Waals surface area (Å²) < 4.78 is 0. The molecule has 102 valence electrons. The summed E-state index contributed by atoms with van der Waals surface area (Å²) >= 11 is 5.75. The largest absolute Gasteiger partial charge is 0.338 e. The number of benzene rings is 1. The van der Waals surface area contributed by atoms with Gasteiger partial charge in [-0.25, -0.2) is 0 Å². The summed E-state index contributed by atoms with van der Waals surface area (Å²) in [4.78, 5) is 24.5. The number of hydrogen-bond donors (Lipinski definition) is 0. The molecule has 0 unspecified atom stereocenters. The van der Waals surface area contributed by atoms with Crippen LogP contribution in [0.1, 0.15) is 30.1 Å². The van der Waals surface area contributed by atoms with Crippen molar-refractivity contribution in [1.82, 2.24) is 4.90 Å². The molecule has 5 nitrogen and oxygen atoms in total. The van der Waals surface area contributed by atoms with Gasteiger partial charge in [-0.15, -0.1) is 0 Å². The van der Waals surface area contributed by atoms with Gasteiger partial charge in [-0.1, -0.05) is 18.5 Å². The van der Waals surface area contributed by atoms with E-state index in [9.17, 15) is 14.9 Å². The maximum Gasteiger partial charge on any atom is 0.283 e. The fraction of sp³-hybridized carbons (Fsp3) is 0.462. The quantitative estimate of drug-likeness (QED) is 0.618. The van der Waals surface area contributed by atoms with E-state index in [0.29, 0.717) is 19.0 Å². The van der Waals surface area contributed by atoms with Crippen molar-refractivity contribution in [1.29, 1.82) is 0 Å². The molecule has 1 aliphatic rings. The Morgan fingerprint density at radius 3 is 2.89 bits per heavy atom. The van der Waals surface area contributed by atoms with Crippen LogP contribution in [-0.2, 0) is 0 Å². The van der Waals surface area contributed by atoms with Crippen molar-refractivity contribution in [2.24, 2.45) is 5.92 Å². The number of halogens is 1. The van der Waals surface area contributed by atoms with Crippen molar-refractivity contribution in [2.75, 3.05) is 13.1 Å². The molecule has 19 heavy (non-hydrogen) atoms. The molecule has 0 N–H and O–H groups in total. The van der Waals surface area contributed by atoms with Crippen LogP contribution in [0.2, 0.25) is 5.02 Å². The molecular weight excluding hydrogens is 268 g/mol. The summed E-state index contributed by atoms with van der Waals surface area (Å²) in [7, 11) is 0. The van der Waals surface area contributed by atoms with Crippen molar-refractivity contribution in [3.63, 3.8) is 0 Å². The molecule has 0 radical (unpaired) electrons. The normalized spacial score (nSPS) is 19.3. The van der Waals surface area contributed by atoms with Gasteiger partial charge in [0.25, 0.3) is 11.6 Å². The number of hydrogen-bond acceptors (Lipinski definition) is 3. The molecule has 1 heterocycles. The van der Waals surface area contributed by atoms with Crippen molar-refractivity contribution < 1.29 is 9.72 Å². The molecular formula is C13H15ClN2O3. The third-order valence-electron chi connectivity index (χ3n) is 3.33. The smallest absolute Gasteiger partial charge is 0.283 e. The Hall–Kier alpha value is -1.62. The van der Waals surface area contributed by atoms with Gasteiger partial charge in [0.05, 0.1) is 4.92 Å². The summed E-state index contributed by atoms with van der Waals surface area (Å²) in [5.74, 6) is 0.152. The third kappa shape index (κ3) is 3.04. The number of rotatable bonds is 2. The van der Waals surface area contributed by atoms with Crippen LogP contribution in [0.5, 0.6) is 0 Å². The van der Waals surface area contributed by atoms with E-state index in [1.165, 1.54) is 18.2 Å². The first kappa shape index (κ1) is 13.8. The Balaban J connectivity index is 2.30. The average molecular weight is 283 g/mol. The predicted octanol–water partition coefficient (Wildman–Crippen LogP) is 3.12. The van der Waals surface area contributed by atoms with Crippen LogP contribution < -0.4 is 0 Å². The highest BCUT2D eigenvalue weighted by molar-refractivity contribution is 6.31. The molecule has 1 aromatic rings. The Kier molecular flexibility index (Phi) is 4.04. The first-order valence-electron chi connectivity index (χ1n) is 6.22. The third-order valence-corrected chi connectivity index (χ3v) is 3.57. The number of likely N-dealkylation sites (tertiary alicyclic amines) is 1. The molecule has 0 aliphatic carbocycles. The number of amides is 1. The summed E-state index contributed by atoms with van der Waals surface area (Å²) in [6.07, 6.45) is 2.03. The summed E-state index contributed by atoms with van der Waals surface area (Å²) in [6.45, 7) is 3.39. The lowest BCUT2D eigenvalue weighted by molar-refractivity contribution is -0.385. The van der Waals surface area contributed by atoms with E-state index in [2.05, 4.69) is 6.92 Å². The molecule has 0 aromatic heterocycles. The molecule has 2 rings (SSSR count). The van der Waals surface area contributed by atoms with Crippen molar-refractivity contribution in [3.05, 3.63) is 38.9 Å². The standard InChI is InChI=1S/C13H15ClN2O3/c1-9-3-2-6-15(8-9)13(17)11-5-4-10(14)7-12(11)16(18)19/h4-5,7,9H,2-3,6,8H2,1H3/t9-/m1/s1. The SMILES string of the molecule is C[C@@H]1CCCN(C(=O)c2ccc(Cl)cc2[N+](=O)[O-])C1. The molecule has 0 spiro atoms. The van der Waals surface area contributed by atoms with Gasteiger partial charge in [0.2, 0.25) is 0 Å². The van der Waals surface area contributed by atoms with E-state index in [0.717, 1.165) is 12.8 Å². The predicted molar refractivity (Wildman–Crippen MR) is 72.4 cm³/mol. The van der Waals surface area contributed by atoms with Crippen molar-refractivity contribution in [3.8, 4) is 0 Å². The van der Waals surface area contributed by atoms with Gasteiger partial charge in [0.1, 0.15) is 5.56 Å². The highest BCUT2D eigenvalue weighted by Crippen LogP contribution is 2.26. The summed E-state index contributed by atoms with van der Waals surface area (Å²) in [5.41, 5.74) is -0.112. The van der Waals surface area contributed by atoms with Crippen LogP contribution in [0.15, 0.2) is 18.2 Å². The van der Waals surface area contributed by atoms with Gasteiger partial charge in [-0.3, -0.25) is 14.9 Å². The second-order valence-electron chi connectivity index (χ2n) is 4.92. The van der Waals surface area contributed by atoms with Gasteiger partial charge in [0, 0.05) is 24.2 Å². The molecule has 1 aromatic carbocycles. The van der Waals surface area contributed by atoms with E-state index in [4.69, 9.17) is 11.6 Å². The number of carbonyl (C=O) groups is 1.